The van der Waals surface area contributed by atoms with Crippen LogP contribution in [0.5, 0.6) is 0 Å². The quantitative estimate of drug-likeness (QED) is 0.875. The van der Waals surface area contributed by atoms with Gasteiger partial charge in [0.1, 0.15) is 0 Å². The zero-order valence-electron chi connectivity index (χ0n) is 10.5. The summed E-state index contributed by atoms with van der Waals surface area (Å²) < 4.78 is 0. The summed E-state index contributed by atoms with van der Waals surface area (Å²) in [6, 6.07) is 6.78. The summed E-state index contributed by atoms with van der Waals surface area (Å²) in [5.74, 6) is 0. The Bertz CT molecular complexity index is 477. The van der Waals surface area contributed by atoms with Crippen LogP contribution >= 0.6 is 11.3 Å². The van der Waals surface area contributed by atoms with Gasteiger partial charge in [0, 0.05) is 16.8 Å². The van der Waals surface area contributed by atoms with Gasteiger partial charge in [-0.1, -0.05) is 25.1 Å². The molecule has 1 aromatic carbocycles. The minimum absolute atomic E-state index is 0.314. The Labute approximate surface area is 107 Å². The third-order valence-corrected chi connectivity index (χ3v) is 3.94. The molecule has 0 saturated heterocycles. The first-order valence-electron chi connectivity index (χ1n) is 5.95. The lowest BCUT2D eigenvalue weighted by Crippen LogP contribution is -2.08. The molecule has 0 aliphatic heterocycles. The molecule has 1 atom stereocenters. The second kappa shape index (κ2) is 5.32. The van der Waals surface area contributed by atoms with Crippen LogP contribution in [0, 0.1) is 6.92 Å². The molecule has 0 amide bonds. The molecule has 0 aliphatic rings. The topological polar surface area (TPSA) is 24.9 Å². The van der Waals surface area contributed by atoms with Crippen LogP contribution in [0.1, 0.15) is 35.9 Å². The largest absolute Gasteiger partial charge is 0.377 e. The van der Waals surface area contributed by atoms with Crippen LogP contribution in [0.25, 0.3) is 0 Å². The van der Waals surface area contributed by atoms with E-state index in [1.165, 1.54) is 21.7 Å². The summed E-state index contributed by atoms with van der Waals surface area (Å²) >= 11 is 1.70. The number of rotatable bonds is 4. The van der Waals surface area contributed by atoms with Crippen molar-refractivity contribution in [2.24, 2.45) is 0 Å². The standard InChI is InChI=1S/C14H18N2S/c1-4-12-7-5-6-10(2)14(12)16-11(3)13-8-15-9-17-13/h5-9,11,16H,4H2,1-3H3. The van der Waals surface area contributed by atoms with E-state index in [1.54, 1.807) is 11.3 Å². The molecule has 2 rings (SSSR count). The lowest BCUT2D eigenvalue weighted by atomic mass is 10.1. The first-order valence-corrected chi connectivity index (χ1v) is 6.83. The van der Waals surface area contributed by atoms with Crippen LogP contribution in [0.3, 0.4) is 0 Å². The van der Waals surface area contributed by atoms with E-state index in [4.69, 9.17) is 0 Å². The van der Waals surface area contributed by atoms with Crippen molar-refractivity contribution in [1.29, 1.82) is 0 Å². The molecule has 1 N–H and O–H groups in total. The SMILES string of the molecule is CCc1cccc(C)c1NC(C)c1cncs1. The molecular formula is C14H18N2S. The second-order valence-corrected chi connectivity index (χ2v) is 5.15. The van der Waals surface area contributed by atoms with Gasteiger partial charge in [-0.15, -0.1) is 11.3 Å². The Balaban J connectivity index is 2.24. The fourth-order valence-electron chi connectivity index (χ4n) is 1.96. The fourth-order valence-corrected chi connectivity index (χ4v) is 2.58. The van der Waals surface area contributed by atoms with E-state index in [0.29, 0.717) is 6.04 Å². The molecule has 0 radical (unpaired) electrons. The van der Waals surface area contributed by atoms with Crippen molar-refractivity contribution in [1.82, 2.24) is 4.98 Å². The van der Waals surface area contributed by atoms with E-state index in [1.807, 2.05) is 11.7 Å². The van der Waals surface area contributed by atoms with Gasteiger partial charge in [-0.25, -0.2) is 0 Å². The number of hydrogen-bond acceptors (Lipinski definition) is 3. The number of nitrogens with zero attached hydrogens (tertiary/aromatic N) is 1. The van der Waals surface area contributed by atoms with E-state index >= 15 is 0 Å². The highest BCUT2D eigenvalue weighted by atomic mass is 32.1. The van der Waals surface area contributed by atoms with Crippen molar-refractivity contribution in [3.63, 3.8) is 0 Å². The Kier molecular flexibility index (Phi) is 3.79. The number of thiazole rings is 1. The number of anilines is 1. The van der Waals surface area contributed by atoms with Gasteiger partial charge in [0.2, 0.25) is 0 Å². The van der Waals surface area contributed by atoms with Gasteiger partial charge in [0.15, 0.2) is 0 Å². The molecule has 2 aromatic rings. The second-order valence-electron chi connectivity index (χ2n) is 4.23. The van der Waals surface area contributed by atoms with Crippen LogP contribution in [0.4, 0.5) is 5.69 Å². The van der Waals surface area contributed by atoms with Crippen molar-refractivity contribution in [2.45, 2.75) is 33.2 Å². The van der Waals surface area contributed by atoms with Crippen LogP contribution < -0.4 is 5.32 Å². The van der Waals surface area contributed by atoms with E-state index in [9.17, 15) is 0 Å². The molecule has 0 fully saturated rings. The summed E-state index contributed by atoms with van der Waals surface area (Å²) in [4.78, 5) is 5.40. The highest BCUT2D eigenvalue weighted by Gasteiger charge is 2.10. The number of aromatic nitrogens is 1. The first-order chi connectivity index (χ1) is 8.22. The maximum absolute atomic E-state index is 4.13. The predicted molar refractivity (Wildman–Crippen MR) is 74.7 cm³/mol. The van der Waals surface area contributed by atoms with Gasteiger partial charge in [-0.05, 0) is 31.4 Å². The van der Waals surface area contributed by atoms with Crippen molar-refractivity contribution in [2.75, 3.05) is 5.32 Å². The van der Waals surface area contributed by atoms with Crippen LogP contribution in [-0.4, -0.2) is 4.98 Å². The fraction of sp³-hybridized carbons (Fsp3) is 0.357. The third kappa shape index (κ3) is 2.67. The Hall–Kier alpha value is -1.35. The maximum Gasteiger partial charge on any atom is 0.0795 e. The molecule has 90 valence electrons. The van der Waals surface area contributed by atoms with Crippen molar-refractivity contribution in [3.05, 3.63) is 45.9 Å². The highest BCUT2D eigenvalue weighted by Crippen LogP contribution is 2.27. The molecule has 0 aliphatic carbocycles. The van der Waals surface area contributed by atoms with Gasteiger partial charge in [-0.2, -0.15) is 0 Å². The maximum atomic E-state index is 4.13. The van der Waals surface area contributed by atoms with Gasteiger partial charge < -0.3 is 5.32 Å². The summed E-state index contributed by atoms with van der Waals surface area (Å²) in [6.07, 6.45) is 2.99. The lowest BCUT2D eigenvalue weighted by molar-refractivity contribution is 0.894. The number of hydrogen-bond donors (Lipinski definition) is 1. The van der Waals surface area contributed by atoms with Crippen LogP contribution in [0.2, 0.25) is 0 Å². The zero-order chi connectivity index (χ0) is 12.3. The highest BCUT2D eigenvalue weighted by molar-refractivity contribution is 7.09. The smallest absolute Gasteiger partial charge is 0.0795 e. The minimum atomic E-state index is 0.314. The van der Waals surface area contributed by atoms with E-state index in [2.05, 4.69) is 49.3 Å². The Morgan fingerprint density at radius 2 is 2.24 bits per heavy atom. The average molecular weight is 246 g/mol. The van der Waals surface area contributed by atoms with Crippen molar-refractivity contribution < 1.29 is 0 Å². The average Bonchev–Trinajstić information content (AvgIpc) is 2.85. The van der Waals surface area contributed by atoms with Gasteiger partial charge in [-0.3, -0.25) is 4.98 Å². The van der Waals surface area contributed by atoms with Gasteiger partial charge in [0.05, 0.1) is 11.6 Å². The van der Waals surface area contributed by atoms with Gasteiger partial charge in [0.25, 0.3) is 0 Å². The van der Waals surface area contributed by atoms with Gasteiger partial charge >= 0.3 is 0 Å². The lowest BCUT2D eigenvalue weighted by Gasteiger charge is -2.18. The summed E-state index contributed by atoms with van der Waals surface area (Å²) in [5.41, 5.74) is 5.84. The normalized spacial score (nSPS) is 12.4. The number of benzene rings is 1. The first kappa shape index (κ1) is 12.1. The van der Waals surface area contributed by atoms with Crippen LogP contribution in [-0.2, 0) is 6.42 Å². The summed E-state index contributed by atoms with van der Waals surface area (Å²) in [6.45, 7) is 6.53. The molecule has 0 saturated carbocycles. The third-order valence-electron chi connectivity index (χ3n) is 2.98. The Morgan fingerprint density at radius 1 is 1.41 bits per heavy atom. The zero-order valence-corrected chi connectivity index (χ0v) is 11.3. The minimum Gasteiger partial charge on any atom is -0.377 e. The van der Waals surface area contributed by atoms with Crippen LogP contribution in [0.15, 0.2) is 29.9 Å². The molecule has 1 heterocycles. The van der Waals surface area contributed by atoms with E-state index in [0.717, 1.165) is 6.42 Å². The van der Waals surface area contributed by atoms with E-state index < -0.39 is 0 Å². The molecule has 0 spiro atoms. The van der Waals surface area contributed by atoms with Crippen molar-refractivity contribution >= 4 is 17.0 Å². The molecule has 17 heavy (non-hydrogen) atoms. The molecule has 3 heteroatoms. The van der Waals surface area contributed by atoms with Crippen molar-refractivity contribution in [3.8, 4) is 0 Å². The molecule has 1 aromatic heterocycles. The monoisotopic (exact) mass is 246 g/mol. The van der Waals surface area contributed by atoms with E-state index in [-0.39, 0.29) is 0 Å². The molecule has 0 bridgehead atoms. The Morgan fingerprint density at radius 3 is 2.88 bits per heavy atom. The molecular weight excluding hydrogens is 228 g/mol. The number of aryl methyl sites for hydroxylation is 2. The summed E-state index contributed by atoms with van der Waals surface area (Å²) in [7, 11) is 0. The molecule has 1 unspecified atom stereocenters. The number of nitrogens with one attached hydrogen (secondary N) is 1. The predicted octanol–water partition coefficient (Wildman–Crippen LogP) is 4.19. The number of para-hydroxylation sites is 1. The molecule has 2 nitrogen and oxygen atoms in total. The summed E-state index contributed by atoms with van der Waals surface area (Å²) in [5, 5.41) is 3.60.